The first-order valence-corrected chi connectivity index (χ1v) is 11.5. The molecule has 0 saturated heterocycles. The fourth-order valence-electron chi connectivity index (χ4n) is 5.01. The number of benzene rings is 3. The zero-order valence-electron chi connectivity index (χ0n) is 19.4. The number of ether oxygens (including phenoxy) is 1. The lowest BCUT2D eigenvalue weighted by Crippen LogP contribution is -2.45. The van der Waals surface area contributed by atoms with Crippen molar-refractivity contribution < 1.29 is 27.5 Å². The molecule has 0 bridgehead atoms. The van der Waals surface area contributed by atoms with Gasteiger partial charge in [-0.1, -0.05) is 54.6 Å². The number of fused-ring (bicyclic) bond motifs is 1. The standard InChI is InChI=1S/C28H23F3N2O3/c1-36-20-13-11-17(12-14-20)19-15-22-25(24(34)16-19)26(18-7-3-2-4-8-18)33(27(35)28(29,30)31)23-10-6-5-9-21(23)32-22/h2-14,19,26,32H,15-16H2,1H3. The molecule has 8 heteroatoms. The number of para-hydroxylation sites is 2. The molecular formula is C28H23F3N2O3. The third-order valence-corrected chi connectivity index (χ3v) is 6.65. The quantitative estimate of drug-likeness (QED) is 0.476. The molecule has 184 valence electrons. The highest BCUT2D eigenvalue weighted by Crippen LogP contribution is 2.48. The molecular weight excluding hydrogens is 469 g/mol. The Labute approximate surface area is 206 Å². The van der Waals surface area contributed by atoms with Gasteiger partial charge in [0.05, 0.1) is 24.5 Å². The van der Waals surface area contributed by atoms with Gasteiger partial charge in [0.2, 0.25) is 0 Å². The number of amides is 1. The molecule has 5 rings (SSSR count). The first-order chi connectivity index (χ1) is 17.3. The van der Waals surface area contributed by atoms with E-state index in [1.54, 1.807) is 55.6 Å². The number of carbonyl (C=O) groups is 2. The van der Waals surface area contributed by atoms with E-state index < -0.39 is 18.1 Å². The van der Waals surface area contributed by atoms with Gasteiger partial charge in [-0.25, -0.2) is 0 Å². The van der Waals surface area contributed by atoms with E-state index in [2.05, 4.69) is 5.32 Å². The minimum Gasteiger partial charge on any atom is -0.497 e. The molecule has 0 fully saturated rings. The third-order valence-electron chi connectivity index (χ3n) is 6.65. The summed E-state index contributed by atoms with van der Waals surface area (Å²) in [6.45, 7) is 0. The van der Waals surface area contributed by atoms with Crippen molar-refractivity contribution in [2.24, 2.45) is 0 Å². The van der Waals surface area contributed by atoms with Crippen LogP contribution in [0.3, 0.4) is 0 Å². The second kappa shape index (κ2) is 9.18. The van der Waals surface area contributed by atoms with E-state index in [1.807, 2.05) is 24.3 Å². The summed E-state index contributed by atoms with van der Waals surface area (Å²) in [4.78, 5) is 27.3. The summed E-state index contributed by atoms with van der Waals surface area (Å²) in [5, 5.41) is 3.22. The van der Waals surface area contributed by atoms with Crippen molar-refractivity contribution in [3.8, 4) is 5.75 Å². The first kappa shape index (κ1) is 23.7. The fourth-order valence-corrected chi connectivity index (χ4v) is 5.01. The Balaban J connectivity index is 1.69. The van der Waals surface area contributed by atoms with Crippen LogP contribution >= 0.6 is 0 Å². The normalized spacial score (nSPS) is 19.7. The van der Waals surface area contributed by atoms with Gasteiger partial charge < -0.3 is 10.1 Å². The van der Waals surface area contributed by atoms with Crippen LogP contribution in [0.4, 0.5) is 24.5 Å². The molecule has 1 aliphatic heterocycles. The average Bonchev–Trinajstić information content (AvgIpc) is 3.02. The van der Waals surface area contributed by atoms with Gasteiger partial charge in [-0.05, 0) is 47.7 Å². The Bertz CT molecular complexity index is 1330. The largest absolute Gasteiger partial charge is 0.497 e. The number of hydrogen-bond donors (Lipinski definition) is 1. The molecule has 0 aromatic heterocycles. The van der Waals surface area contributed by atoms with Crippen LogP contribution in [0.5, 0.6) is 5.75 Å². The van der Waals surface area contributed by atoms with E-state index in [4.69, 9.17) is 4.74 Å². The maximum atomic E-state index is 13.9. The Kier molecular flexibility index (Phi) is 6.04. The lowest BCUT2D eigenvalue weighted by Gasteiger charge is -2.35. The number of ketones is 1. The lowest BCUT2D eigenvalue weighted by atomic mass is 9.78. The molecule has 0 saturated carbocycles. The van der Waals surface area contributed by atoms with Gasteiger partial charge in [0, 0.05) is 17.7 Å². The number of Topliss-reactive ketones (excluding diaryl/α,β-unsaturated/α-hetero) is 1. The van der Waals surface area contributed by atoms with Crippen LogP contribution in [0.15, 0.2) is 90.1 Å². The Morgan fingerprint density at radius 2 is 1.58 bits per heavy atom. The molecule has 2 atom stereocenters. The van der Waals surface area contributed by atoms with Crippen molar-refractivity contribution in [3.63, 3.8) is 0 Å². The molecule has 1 heterocycles. The highest BCUT2D eigenvalue weighted by atomic mass is 19.4. The van der Waals surface area contributed by atoms with Gasteiger partial charge in [0.1, 0.15) is 5.75 Å². The number of alkyl halides is 3. The van der Waals surface area contributed by atoms with E-state index in [-0.39, 0.29) is 29.4 Å². The van der Waals surface area contributed by atoms with Gasteiger partial charge in [-0.15, -0.1) is 0 Å². The van der Waals surface area contributed by atoms with Crippen LogP contribution < -0.4 is 15.0 Å². The van der Waals surface area contributed by atoms with Gasteiger partial charge in [-0.3, -0.25) is 14.5 Å². The second-order valence-corrected chi connectivity index (χ2v) is 8.82. The molecule has 0 spiro atoms. The summed E-state index contributed by atoms with van der Waals surface area (Å²) in [7, 11) is 1.57. The van der Waals surface area contributed by atoms with Crippen LogP contribution in [-0.2, 0) is 9.59 Å². The minimum absolute atomic E-state index is 0.0666. The second-order valence-electron chi connectivity index (χ2n) is 8.82. The molecule has 1 aliphatic carbocycles. The predicted octanol–water partition coefficient (Wildman–Crippen LogP) is 6.16. The summed E-state index contributed by atoms with van der Waals surface area (Å²) >= 11 is 0. The number of nitrogens with one attached hydrogen (secondary N) is 1. The molecule has 3 aromatic carbocycles. The van der Waals surface area contributed by atoms with Crippen LogP contribution in [-0.4, -0.2) is 25.0 Å². The van der Waals surface area contributed by atoms with Crippen LogP contribution in [0.2, 0.25) is 0 Å². The van der Waals surface area contributed by atoms with Crippen molar-refractivity contribution in [2.75, 3.05) is 17.3 Å². The number of anilines is 2. The van der Waals surface area contributed by atoms with Crippen LogP contribution in [0.1, 0.15) is 35.9 Å². The Morgan fingerprint density at radius 3 is 2.25 bits per heavy atom. The highest BCUT2D eigenvalue weighted by molar-refractivity contribution is 6.07. The summed E-state index contributed by atoms with van der Waals surface area (Å²) in [6.07, 6.45) is -4.62. The number of allylic oxidation sites excluding steroid dienone is 1. The predicted molar refractivity (Wildman–Crippen MR) is 130 cm³/mol. The SMILES string of the molecule is COc1ccc(C2CC(=O)C3=C(C2)Nc2ccccc2N(C(=O)C(F)(F)F)C3c2ccccc2)cc1. The van der Waals surface area contributed by atoms with Crippen LogP contribution in [0, 0.1) is 0 Å². The van der Waals surface area contributed by atoms with Crippen molar-refractivity contribution in [1.29, 1.82) is 0 Å². The Morgan fingerprint density at radius 1 is 0.917 bits per heavy atom. The molecule has 3 aromatic rings. The zero-order valence-corrected chi connectivity index (χ0v) is 19.4. The van der Waals surface area contributed by atoms with Crippen molar-refractivity contribution in [1.82, 2.24) is 0 Å². The molecule has 1 amide bonds. The monoisotopic (exact) mass is 492 g/mol. The molecule has 36 heavy (non-hydrogen) atoms. The molecule has 1 N–H and O–H groups in total. The van der Waals surface area contributed by atoms with Gasteiger partial charge >= 0.3 is 12.1 Å². The molecule has 0 radical (unpaired) electrons. The smallest absolute Gasteiger partial charge is 0.471 e. The summed E-state index contributed by atoms with van der Waals surface area (Å²) in [5.41, 5.74) is 2.46. The highest BCUT2D eigenvalue weighted by Gasteiger charge is 2.49. The molecule has 5 nitrogen and oxygen atoms in total. The van der Waals surface area contributed by atoms with E-state index in [9.17, 15) is 22.8 Å². The maximum Gasteiger partial charge on any atom is 0.471 e. The average molecular weight is 492 g/mol. The van der Waals surface area contributed by atoms with Gasteiger partial charge in [0.25, 0.3) is 0 Å². The maximum absolute atomic E-state index is 13.9. The summed E-state index contributed by atoms with van der Waals surface area (Å²) in [6, 6.07) is 20.9. The lowest BCUT2D eigenvalue weighted by molar-refractivity contribution is -0.170. The number of carbonyl (C=O) groups excluding carboxylic acids is 2. The number of methoxy groups -OCH3 is 1. The minimum atomic E-state index is -5.13. The van der Waals surface area contributed by atoms with Crippen LogP contribution in [0.25, 0.3) is 0 Å². The fraction of sp³-hybridized carbons (Fsp3) is 0.214. The van der Waals surface area contributed by atoms with Crippen molar-refractivity contribution in [2.45, 2.75) is 31.0 Å². The third kappa shape index (κ3) is 4.23. The van der Waals surface area contributed by atoms with E-state index >= 15 is 0 Å². The van der Waals surface area contributed by atoms with Gasteiger partial charge in [0.15, 0.2) is 5.78 Å². The molecule has 2 unspecified atom stereocenters. The van der Waals surface area contributed by atoms with E-state index in [1.165, 1.54) is 6.07 Å². The topological polar surface area (TPSA) is 58.6 Å². The first-order valence-electron chi connectivity index (χ1n) is 11.5. The Hall–Kier alpha value is -4.07. The summed E-state index contributed by atoms with van der Waals surface area (Å²) in [5.74, 6) is -1.81. The summed E-state index contributed by atoms with van der Waals surface area (Å²) < 4.78 is 46.9. The van der Waals surface area contributed by atoms with Crippen molar-refractivity contribution >= 4 is 23.1 Å². The van der Waals surface area contributed by atoms with E-state index in [0.29, 0.717) is 34.0 Å². The number of nitrogens with zero attached hydrogens (tertiary/aromatic N) is 1. The number of halogens is 3. The van der Waals surface area contributed by atoms with E-state index in [0.717, 1.165) is 5.56 Å². The zero-order chi connectivity index (χ0) is 25.4. The van der Waals surface area contributed by atoms with Gasteiger partial charge in [-0.2, -0.15) is 13.2 Å². The number of rotatable bonds is 3. The van der Waals surface area contributed by atoms with Crippen molar-refractivity contribution in [3.05, 3.63) is 101 Å². The molecule has 2 aliphatic rings. The number of hydrogen-bond acceptors (Lipinski definition) is 4.